The summed E-state index contributed by atoms with van der Waals surface area (Å²) in [7, 11) is 0. The molecule has 23 heavy (non-hydrogen) atoms. The molecule has 0 spiro atoms. The van der Waals surface area contributed by atoms with Crippen molar-refractivity contribution in [1.82, 2.24) is 9.88 Å². The van der Waals surface area contributed by atoms with E-state index in [1.807, 2.05) is 20.8 Å². The van der Waals surface area contributed by atoms with Gasteiger partial charge in [0.1, 0.15) is 5.82 Å². The Morgan fingerprint density at radius 1 is 1.22 bits per heavy atom. The second kappa shape index (κ2) is 7.22. The Bertz CT molecular complexity index is 737. The van der Waals surface area contributed by atoms with Gasteiger partial charge >= 0.3 is 0 Å². The molecule has 0 aliphatic carbocycles. The van der Waals surface area contributed by atoms with Crippen molar-refractivity contribution < 1.29 is 9.18 Å². The Hall–Kier alpha value is -2.43. The highest BCUT2D eigenvalue weighted by molar-refractivity contribution is 5.94. The molecule has 1 aromatic heterocycles. The standard InChI is InChI=1S/C18H21FN2O2/c1-4-16-10-14(11-17(22)20-16)18(23)21(5-2)12(3)13-6-8-15(19)9-7-13/h6-12H,4-5H2,1-3H3,(H,20,22)/t12-/m0/s1. The first-order chi connectivity index (χ1) is 11.0. The smallest absolute Gasteiger partial charge is 0.254 e. The second-order valence-corrected chi connectivity index (χ2v) is 5.43. The summed E-state index contributed by atoms with van der Waals surface area (Å²) < 4.78 is 13.1. The molecule has 0 aliphatic rings. The SMILES string of the molecule is CCc1cc(C(=O)N(CC)[C@@H](C)c2ccc(F)cc2)cc(=O)[nH]1. The molecule has 122 valence electrons. The zero-order valence-electron chi connectivity index (χ0n) is 13.6. The van der Waals surface area contributed by atoms with Gasteiger partial charge in [0.2, 0.25) is 5.56 Å². The van der Waals surface area contributed by atoms with Crippen LogP contribution in [0.1, 0.15) is 48.4 Å². The van der Waals surface area contributed by atoms with E-state index < -0.39 is 0 Å². The van der Waals surface area contributed by atoms with E-state index >= 15 is 0 Å². The van der Waals surface area contributed by atoms with Crippen LogP contribution in [0.25, 0.3) is 0 Å². The first-order valence-corrected chi connectivity index (χ1v) is 7.76. The lowest BCUT2D eigenvalue weighted by molar-refractivity contribution is 0.0702. The molecule has 4 nitrogen and oxygen atoms in total. The van der Waals surface area contributed by atoms with Gasteiger partial charge in [0.15, 0.2) is 0 Å². The second-order valence-electron chi connectivity index (χ2n) is 5.43. The van der Waals surface area contributed by atoms with Crippen LogP contribution >= 0.6 is 0 Å². The number of hydrogen-bond donors (Lipinski definition) is 1. The summed E-state index contributed by atoms with van der Waals surface area (Å²) in [6.45, 7) is 6.18. The number of nitrogens with zero attached hydrogens (tertiary/aromatic N) is 1. The quantitative estimate of drug-likeness (QED) is 0.920. The molecule has 0 bridgehead atoms. The number of carbonyl (C=O) groups is 1. The number of nitrogens with one attached hydrogen (secondary N) is 1. The predicted octanol–water partition coefficient (Wildman–Crippen LogP) is 3.30. The first kappa shape index (κ1) is 16.9. The summed E-state index contributed by atoms with van der Waals surface area (Å²) >= 11 is 0. The molecule has 0 fully saturated rings. The third-order valence-corrected chi connectivity index (χ3v) is 3.95. The van der Waals surface area contributed by atoms with Crippen LogP contribution in [0.15, 0.2) is 41.2 Å². The molecule has 2 rings (SSSR count). The zero-order valence-corrected chi connectivity index (χ0v) is 13.6. The number of hydrogen-bond acceptors (Lipinski definition) is 2. The highest BCUT2D eigenvalue weighted by atomic mass is 19.1. The van der Waals surface area contributed by atoms with Gasteiger partial charge in [-0.15, -0.1) is 0 Å². The van der Waals surface area contributed by atoms with Crippen LogP contribution in [0.2, 0.25) is 0 Å². The number of aryl methyl sites for hydroxylation is 1. The number of aromatic amines is 1. The van der Waals surface area contributed by atoms with Crippen molar-refractivity contribution in [2.24, 2.45) is 0 Å². The molecule has 0 saturated carbocycles. The van der Waals surface area contributed by atoms with Crippen molar-refractivity contribution in [2.45, 2.75) is 33.2 Å². The first-order valence-electron chi connectivity index (χ1n) is 7.76. The van der Waals surface area contributed by atoms with Gasteiger partial charge in [0, 0.05) is 23.9 Å². The van der Waals surface area contributed by atoms with Crippen LogP contribution in [-0.4, -0.2) is 22.3 Å². The summed E-state index contributed by atoms with van der Waals surface area (Å²) in [6, 6.07) is 8.93. The monoisotopic (exact) mass is 316 g/mol. The van der Waals surface area contributed by atoms with E-state index in [0.717, 1.165) is 11.3 Å². The van der Waals surface area contributed by atoms with E-state index in [2.05, 4.69) is 4.98 Å². The minimum absolute atomic E-state index is 0.204. The fourth-order valence-corrected chi connectivity index (χ4v) is 2.60. The zero-order chi connectivity index (χ0) is 17.0. The average Bonchev–Trinajstić information content (AvgIpc) is 2.55. The number of carbonyl (C=O) groups excluding carboxylic acids is 1. The van der Waals surface area contributed by atoms with E-state index in [4.69, 9.17) is 0 Å². The van der Waals surface area contributed by atoms with Crippen LogP contribution in [-0.2, 0) is 6.42 Å². The molecule has 2 aromatic rings. The number of aromatic nitrogens is 1. The fourth-order valence-electron chi connectivity index (χ4n) is 2.60. The van der Waals surface area contributed by atoms with Gasteiger partial charge in [-0.2, -0.15) is 0 Å². The van der Waals surface area contributed by atoms with Crippen LogP contribution in [0.4, 0.5) is 4.39 Å². The molecule has 0 unspecified atom stereocenters. The average molecular weight is 316 g/mol. The number of benzene rings is 1. The maximum atomic E-state index is 13.1. The molecule has 0 saturated heterocycles. The van der Waals surface area contributed by atoms with Crippen LogP contribution in [0.3, 0.4) is 0 Å². The van der Waals surface area contributed by atoms with Crippen LogP contribution in [0.5, 0.6) is 0 Å². The van der Waals surface area contributed by atoms with Crippen LogP contribution < -0.4 is 5.56 Å². The number of halogens is 1. The van der Waals surface area contributed by atoms with Crippen molar-refractivity contribution in [2.75, 3.05) is 6.54 Å². The molecule has 1 aromatic carbocycles. The molecule has 1 heterocycles. The van der Waals surface area contributed by atoms with Crippen molar-refractivity contribution in [3.8, 4) is 0 Å². The Kier molecular flexibility index (Phi) is 5.32. The van der Waals surface area contributed by atoms with Crippen molar-refractivity contribution in [3.63, 3.8) is 0 Å². The molecule has 1 atom stereocenters. The Balaban J connectivity index is 2.32. The highest BCUT2D eigenvalue weighted by Crippen LogP contribution is 2.22. The van der Waals surface area contributed by atoms with Crippen LogP contribution in [0, 0.1) is 5.82 Å². The van der Waals surface area contributed by atoms with Gasteiger partial charge in [0.25, 0.3) is 5.91 Å². The van der Waals surface area contributed by atoms with E-state index in [9.17, 15) is 14.0 Å². The maximum Gasteiger partial charge on any atom is 0.254 e. The lowest BCUT2D eigenvalue weighted by atomic mass is 10.1. The largest absolute Gasteiger partial charge is 0.332 e. The Morgan fingerprint density at radius 2 is 1.87 bits per heavy atom. The number of H-pyrrole nitrogens is 1. The third kappa shape index (κ3) is 3.86. The fraction of sp³-hybridized carbons (Fsp3) is 0.333. The molecular weight excluding hydrogens is 295 g/mol. The van der Waals surface area contributed by atoms with Crippen molar-refractivity contribution in [1.29, 1.82) is 0 Å². The predicted molar refractivity (Wildman–Crippen MR) is 88.0 cm³/mol. The molecule has 1 amide bonds. The van der Waals surface area contributed by atoms with E-state index in [-0.39, 0.29) is 23.3 Å². The topological polar surface area (TPSA) is 53.2 Å². The maximum absolute atomic E-state index is 13.1. The molecule has 1 N–H and O–H groups in total. The summed E-state index contributed by atoms with van der Waals surface area (Å²) in [5, 5.41) is 0. The number of pyridine rings is 1. The van der Waals surface area contributed by atoms with Gasteiger partial charge in [-0.1, -0.05) is 19.1 Å². The Labute approximate surface area is 135 Å². The third-order valence-electron chi connectivity index (χ3n) is 3.95. The summed E-state index contributed by atoms with van der Waals surface area (Å²) in [6.07, 6.45) is 0.649. The van der Waals surface area contributed by atoms with E-state index in [0.29, 0.717) is 18.5 Å². The molecule has 5 heteroatoms. The highest BCUT2D eigenvalue weighted by Gasteiger charge is 2.22. The number of amides is 1. The molecule has 0 aliphatic heterocycles. The molecule has 0 radical (unpaired) electrons. The van der Waals surface area contributed by atoms with Gasteiger partial charge in [-0.05, 0) is 44.0 Å². The lowest BCUT2D eigenvalue weighted by Gasteiger charge is -2.28. The van der Waals surface area contributed by atoms with Gasteiger partial charge in [-0.25, -0.2) is 4.39 Å². The summed E-state index contributed by atoms with van der Waals surface area (Å²) in [4.78, 5) is 28.8. The van der Waals surface area contributed by atoms with Gasteiger partial charge < -0.3 is 9.88 Å². The normalized spacial score (nSPS) is 12.0. The lowest BCUT2D eigenvalue weighted by Crippen LogP contribution is -2.34. The van der Waals surface area contributed by atoms with Gasteiger partial charge in [0.05, 0.1) is 6.04 Å². The van der Waals surface area contributed by atoms with Gasteiger partial charge in [-0.3, -0.25) is 9.59 Å². The van der Waals surface area contributed by atoms with Crippen molar-refractivity contribution in [3.05, 3.63) is 69.4 Å². The minimum atomic E-state index is -0.308. The van der Waals surface area contributed by atoms with E-state index in [1.54, 1.807) is 23.1 Å². The van der Waals surface area contributed by atoms with Crippen molar-refractivity contribution >= 4 is 5.91 Å². The summed E-state index contributed by atoms with van der Waals surface area (Å²) in [5.74, 6) is -0.511. The minimum Gasteiger partial charge on any atom is -0.332 e. The Morgan fingerprint density at radius 3 is 2.43 bits per heavy atom. The number of rotatable bonds is 5. The molecular formula is C18H21FN2O2. The summed E-state index contributed by atoms with van der Waals surface area (Å²) in [5.41, 5.74) is 1.67. The van der Waals surface area contributed by atoms with E-state index in [1.165, 1.54) is 18.2 Å².